The third-order valence-electron chi connectivity index (χ3n) is 3.37. The van der Waals surface area contributed by atoms with Gasteiger partial charge in [-0.3, -0.25) is 4.79 Å². The molecule has 2 rings (SSSR count). The molecule has 2 aromatic rings. The summed E-state index contributed by atoms with van der Waals surface area (Å²) in [5.74, 6) is 0.216. The van der Waals surface area contributed by atoms with Gasteiger partial charge in [0.1, 0.15) is 5.75 Å². The Morgan fingerprint density at radius 2 is 1.95 bits per heavy atom. The number of nitrogens with zero attached hydrogens (tertiary/aromatic N) is 1. The Hall–Kier alpha value is -2.07. The van der Waals surface area contributed by atoms with Gasteiger partial charge in [-0.1, -0.05) is 18.2 Å². The molecule has 2 aromatic carbocycles. The van der Waals surface area contributed by atoms with Crippen molar-refractivity contribution in [2.24, 2.45) is 0 Å². The average Bonchev–Trinajstić information content (AvgIpc) is 2.38. The van der Waals surface area contributed by atoms with Crippen LogP contribution in [0.3, 0.4) is 0 Å². The molecule has 21 heavy (non-hydrogen) atoms. The van der Waals surface area contributed by atoms with E-state index in [1.54, 1.807) is 12.1 Å². The highest BCUT2D eigenvalue weighted by Crippen LogP contribution is 2.27. The van der Waals surface area contributed by atoms with Gasteiger partial charge < -0.3 is 14.9 Å². The van der Waals surface area contributed by atoms with Crippen molar-refractivity contribution in [3.8, 4) is 5.75 Å². The van der Waals surface area contributed by atoms with Gasteiger partial charge in [-0.05, 0) is 23.6 Å². The average molecular weight is 287 g/mol. The van der Waals surface area contributed by atoms with Crippen LogP contribution in [0.4, 0.5) is 5.69 Å². The van der Waals surface area contributed by atoms with Crippen LogP contribution in [0.25, 0.3) is 10.8 Å². The number of carbonyl (C=O) groups is 1. The summed E-state index contributed by atoms with van der Waals surface area (Å²) in [7, 11) is 6.35. The highest BCUT2D eigenvalue weighted by Gasteiger charge is 2.10. The molecule has 0 fully saturated rings. The second kappa shape index (κ2) is 6.14. The molecule has 1 amide bonds. The second-order valence-corrected chi connectivity index (χ2v) is 6.38. The fourth-order valence-corrected chi connectivity index (χ4v) is 2.30. The second-order valence-electron chi connectivity index (χ2n) is 6.38. The Balaban J connectivity index is 2.06. The van der Waals surface area contributed by atoms with Gasteiger partial charge in [0.05, 0.1) is 27.7 Å². The van der Waals surface area contributed by atoms with Gasteiger partial charge >= 0.3 is 0 Å². The first-order chi connectivity index (χ1) is 9.85. The summed E-state index contributed by atoms with van der Waals surface area (Å²) < 4.78 is 0.857. The minimum Gasteiger partial charge on any atom is -0.508 e. The van der Waals surface area contributed by atoms with Crippen LogP contribution >= 0.6 is 0 Å². The van der Waals surface area contributed by atoms with Gasteiger partial charge in [0.2, 0.25) is 5.91 Å². The van der Waals surface area contributed by atoms with Crippen LogP contribution in [0.1, 0.15) is 12.8 Å². The number of rotatable bonds is 5. The summed E-state index contributed by atoms with van der Waals surface area (Å²) in [6.45, 7) is 0.962. The Labute approximate surface area is 125 Å². The lowest BCUT2D eigenvalue weighted by atomic mass is 10.1. The summed E-state index contributed by atoms with van der Waals surface area (Å²) in [5, 5.41) is 14.4. The van der Waals surface area contributed by atoms with Crippen LogP contribution in [0.5, 0.6) is 5.75 Å². The fourth-order valence-electron chi connectivity index (χ4n) is 2.30. The molecular weight excluding hydrogens is 264 g/mol. The molecule has 0 atom stereocenters. The standard InChI is InChI=1S/C17H22N2O2/c1-19(2,3)11-5-8-17(21)18-16-7-4-6-13-9-10-14(20)12-15(13)16/h4,6-7,9-10,12H,5,8,11H2,1-3H3,(H-,18,20,21)/p+1. The first-order valence-electron chi connectivity index (χ1n) is 7.17. The minimum absolute atomic E-state index is 0.0132. The van der Waals surface area contributed by atoms with Crippen LogP contribution in [0.2, 0.25) is 0 Å². The third kappa shape index (κ3) is 4.46. The number of anilines is 1. The smallest absolute Gasteiger partial charge is 0.224 e. The van der Waals surface area contributed by atoms with Gasteiger partial charge in [-0.2, -0.15) is 0 Å². The van der Waals surface area contributed by atoms with Crippen LogP contribution in [0, 0.1) is 0 Å². The zero-order chi connectivity index (χ0) is 15.5. The van der Waals surface area contributed by atoms with Gasteiger partial charge in [-0.25, -0.2) is 0 Å². The fraction of sp³-hybridized carbons (Fsp3) is 0.353. The molecule has 0 spiro atoms. The quantitative estimate of drug-likeness (QED) is 0.831. The Bertz CT molecular complexity index is 645. The van der Waals surface area contributed by atoms with Crippen LogP contribution in [-0.4, -0.2) is 43.2 Å². The molecule has 4 nitrogen and oxygen atoms in total. The Kier molecular flexibility index (Phi) is 4.48. The lowest BCUT2D eigenvalue weighted by Crippen LogP contribution is -2.35. The van der Waals surface area contributed by atoms with Crippen molar-refractivity contribution in [3.63, 3.8) is 0 Å². The highest BCUT2D eigenvalue weighted by molar-refractivity contribution is 6.02. The molecule has 0 saturated heterocycles. The minimum atomic E-state index is 0.0132. The van der Waals surface area contributed by atoms with E-state index in [1.165, 1.54) is 0 Å². The van der Waals surface area contributed by atoms with E-state index in [0.29, 0.717) is 6.42 Å². The third-order valence-corrected chi connectivity index (χ3v) is 3.37. The summed E-state index contributed by atoms with van der Waals surface area (Å²) in [5.41, 5.74) is 0.749. The molecule has 0 unspecified atom stereocenters. The summed E-state index contributed by atoms with van der Waals surface area (Å²) in [6.07, 6.45) is 1.36. The van der Waals surface area contributed by atoms with Crippen molar-refractivity contribution in [3.05, 3.63) is 36.4 Å². The monoisotopic (exact) mass is 287 g/mol. The van der Waals surface area contributed by atoms with Gasteiger partial charge in [-0.15, -0.1) is 0 Å². The first kappa shape index (κ1) is 15.3. The van der Waals surface area contributed by atoms with Crippen molar-refractivity contribution in [2.75, 3.05) is 33.0 Å². The maximum atomic E-state index is 12.0. The molecule has 112 valence electrons. The molecule has 4 heteroatoms. The largest absolute Gasteiger partial charge is 0.508 e. The SMILES string of the molecule is C[N+](C)(C)CCCC(=O)Nc1cccc2ccc(O)cc12. The molecule has 0 bridgehead atoms. The molecule has 2 N–H and O–H groups in total. The van der Waals surface area contributed by atoms with Crippen LogP contribution in [-0.2, 0) is 4.79 Å². The maximum Gasteiger partial charge on any atom is 0.224 e. The first-order valence-corrected chi connectivity index (χ1v) is 7.17. The van der Waals surface area contributed by atoms with E-state index in [4.69, 9.17) is 0 Å². The lowest BCUT2D eigenvalue weighted by Gasteiger charge is -2.23. The molecular formula is C17H23N2O2+. The van der Waals surface area contributed by atoms with E-state index in [-0.39, 0.29) is 11.7 Å². The number of aromatic hydroxyl groups is 1. The summed E-state index contributed by atoms with van der Waals surface area (Å²) >= 11 is 0. The zero-order valence-corrected chi connectivity index (χ0v) is 12.9. The Morgan fingerprint density at radius 1 is 1.19 bits per heavy atom. The van der Waals surface area contributed by atoms with Crippen molar-refractivity contribution >= 4 is 22.4 Å². The number of phenolic OH excluding ortho intramolecular Hbond substituents is 1. The molecule has 0 aliphatic carbocycles. The topological polar surface area (TPSA) is 49.3 Å². The van der Waals surface area contributed by atoms with E-state index in [2.05, 4.69) is 26.5 Å². The number of nitrogens with one attached hydrogen (secondary N) is 1. The summed E-state index contributed by atoms with van der Waals surface area (Å²) in [4.78, 5) is 12.0. The molecule has 0 heterocycles. The number of benzene rings is 2. The number of hydrogen-bond acceptors (Lipinski definition) is 2. The number of amides is 1. The van der Waals surface area contributed by atoms with E-state index in [9.17, 15) is 9.90 Å². The van der Waals surface area contributed by atoms with E-state index >= 15 is 0 Å². The zero-order valence-electron chi connectivity index (χ0n) is 12.9. The number of fused-ring (bicyclic) bond motifs is 1. The predicted octanol–water partition coefficient (Wildman–Crippen LogP) is 2.97. The van der Waals surface area contributed by atoms with Crippen molar-refractivity contribution in [2.45, 2.75) is 12.8 Å². The van der Waals surface area contributed by atoms with Crippen LogP contribution in [0.15, 0.2) is 36.4 Å². The van der Waals surface area contributed by atoms with Gasteiger partial charge in [0.25, 0.3) is 0 Å². The molecule has 0 aliphatic heterocycles. The van der Waals surface area contributed by atoms with Crippen LogP contribution < -0.4 is 5.32 Å². The van der Waals surface area contributed by atoms with Crippen molar-refractivity contribution in [1.29, 1.82) is 0 Å². The van der Waals surface area contributed by atoms with E-state index in [0.717, 1.165) is 33.9 Å². The molecule has 0 aromatic heterocycles. The highest BCUT2D eigenvalue weighted by atomic mass is 16.3. The number of hydrogen-bond donors (Lipinski definition) is 2. The summed E-state index contributed by atoms with van der Waals surface area (Å²) in [6, 6.07) is 10.9. The van der Waals surface area contributed by atoms with E-state index < -0.39 is 0 Å². The van der Waals surface area contributed by atoms with Crippen molar-refractivity contribution in [1.82, 2.24) is 0 Å². The number of quaternary nitrogens is 1. The normalized spacial score (nSPS) is 11.6. The van der Waals surface area contributed by atoms with Gasteiger partial charge in [0, 0.05) is 23.9 Å². The molecule has 0 aliphatic rings. The molecule has 0 saturated carbocycles. The lowest BCUT2D eigenvalue weighted by molar-refractivity contribution is -0.870. The molecule has 0 radical (unpaired) electrons. The number of phenols is 1. The Morgan fingerprint density at radius 3 is 2.67 bits per heavy atom. The van der Waals surface area contributed by atoms with Gasteiger partial charge in [0.15, 0.2) is 0 Å². The van der Waals surface area contributed by atoms with Crippen molar-refractivity contribution < 1.29 is 14.4 Å². The number of carbonyl (C=O) groups excluding carboxylic acids is 1. The maximum absolute atomic E-state index is 12.0. The van der Waals surface area contributed by atoms with E-state index in [1.807, 2.05) is 24.3 Å². The predicted molar refractivity (Wildman–Crippen MR) is 86.4 cm³/mol.